The topological polar surface area (TPSA) is 82.9 Å². The molecule has 0 atom stereocenters. The number of benzene rings is 2. The van der Waals surface area contributed by atoms with E-state index in [9.17, 15) is 9.59 Å². The zero-order valence-electron chi connectivity index (χ0n) is 12.8. The molecule has 0 saturated carbocycles. The van der Waals surface area contributed by atoms with Gasteiger partial charge in [0.2, 0.25) is 0 Å². The van der Waals surface area contributed by atoms with Crippen LogP contribution in [0.15, 0.2) is 46.6 Å². The molecular weight excluding hydrogens is 422 g/mol. The van der Waals surface area contributed by atoms with Crippen LogP contribution < -0.4 is 10.9 Å². The first kappa shape index (κ1) is 20.2. The van der Waals surface area contributed by atoms with Crippen molar-refractivity contribution < 1.29 is 9.59 Å². The second kappa shape index (κ2) is 9.54. The fourth-order valence-electron chi connectivity index (χ4n) is 1.62. The highest BCUT2D eigenvalue weighted by Crippen LogP contribution is 2.22. The van der Waals surface area contributed by atoms with Crippen LogP contribution in [0.5, 0.6) is 0 Å². The first-order chi connectivity index (χ1) is 12.4. The van der Waals surface area contributed by atoms with Gasteiger partial charge in [-0.3, -0.25) is 9.59 Å². The molecule has 10 heteroatoms. The average molecular weight is 432 g/mol. The molecule has 0 heterocycles. The number of carbonyl (C=O) groups excluding carboxylic acids is 2. The molecule has 0 aromatic heterocycles. The summed E-state index contributed by atoms with van der Waals surface area (Å²) >= 11 is 23.3. The lowest BCUT2D eigenvalue weighted by Gasteiger charge is -2.00. The van der Waals surface area contributed by atoms with Gasteiger partial charge in [0.1, 0.15) is 0 Å². The molecular formula is C16H10Cl4N4O2. The van der Waals surface area contributed by atoms with Crippen LogP contribution >= 0.6 is 46.4 Å². The van der Waals surface area contributed by atoms with Crippen molar-refractivity contribution in [3.05, 3.63) is 67.6 Å². The molecule has 0 aliphatic heterocycles. The van der Waals surface area contributed by atoms with E-state index in [1.54, 1.807) is 36.4 Å². The summed E-state index contributed by atoms with van der Waals surface area (Å²) in [5.41, 5.74) is 5.31. The molecule has 6 nitrogen and oxygen atoms in total. The summed E-state index contributed by atoms with van der Waals surface area (Å²) in [5, 5.41) is 8.78. The van der Waals surface area contributed by atoms with Crippen LogP contribution in [0.3, 0.4) is 0 Å². The minimum absolute atomic E-state index is 0.344. The average Bonchev–Trinajstić information content (AvgIpc) is 2.61. The predicted octanol–water partition coefficient (Wildman–Crippen LogP) is 3.90. The van der Waals surface area contributed by atoms with Gasteiger partial charge in [-0.05, 0) is 35.4 Å². The Labute approximate surface area is 168 Å². The maximum absolute atomic E-state index is 11.6. The van der Waals surface area contributed by atoms with Gasteiger partial charge in [-0.15, -0.1) is 0 Å². The fraction of sp³-hybridized carbons (Fsp3) is 0. The summed E-state index contributed by atoms with van der Waals surface area (Å²) in [6.45, 7) is 0. The number of hydrazone groups is 2. The number of amides is 2. The SMILES string of the molecule is O=C(NN=Cc1ccc(Cl)c(Cl)c1)C(=O)NN=Cc1ccc(Cl)c(Cl)c1. The number of nitrogens with one attached hydrogen (secondary N) is 2. The molecule has 2 N–H and O–H groups in total. The van der Waals surface area contributed by atoms with E-state index in [0.29, 0.717) is 31.2 Å². The molecule has 134 valence electrons. The zero-order chi connectivity index (χ0) is 19.1. The van der Waals surface area contributed by atoms with E-state index in [2.05, 4.69) is 21.1 Å². The van der Waals surface area contributed by atoms with Crippen molar-refractivity contribution in [2.24, 2.45) is 10.2 Å². The third-order valence-corrected chi connectivity index (χ3v) is 4.33. The first-order valence-electron chi connectivity index (χ1n) is 6.93. The third kappa shape index (κ3) is 6.00. The van der Waals surface area contributed by atoms with Gasteiger partial charge in [-0.2, -0.15) is 10.2 Å². The maximum atomic E-state index is 11.6. The Morgan fingerprint density at radius 1 is 0.692 bits per heavy atom. The first-order valence-corrected chi connectivity index (χ1v) is 8.44. The maximum Gasteiger partial charge on any atom is 0.331 e. The Balaban J connectivity index is 1.85. The van der Waals surface area contributed by atoms with E-state index in [1.807, 2.05) is 0 Å². The molecule has 0 spiro atoms. The monoisotopic (exact) mass is 430 g/mol. The Kier molecular flexibility index (Phi) is 7.41. The number of halogens is 4. The molecule has 2 aromatic carbocycles. The standard InChI is InChI=1S/C16H10Cl4N4O2/c17-11-3-1-9(5-13(11)19)7-21-23-15(25)16(26)24-22-8-10-2-4-12(18)14(20)6-10/h1-8H,(H,23,25)(H,24,26). The van der Waals surface area contributed by atoms with E-state index in [0.717, 1.165) is 0 Å². The second-order valence-electron chi connectivity index (χ2n) is 4.75. The molecule has 0 aliphatic rings. The normalized spacial score (nSPS) is 11.1. The zero-order valence-corrected chi connectivity index (χ0v) is 15.9. The third-order valence-electron chi connectivity index (χ3n) is 2.85. The molecule has 0 radical (unpaired) electrons. The van der Waals surface area contributed by atoms with Gasteiger partial charge in [-0.1, -0.05) is 58.5 Å². The fourth-order valence-corrected chi connectivity index (χ4v) is 2.23. The van der Waals surface area contributed by atoms with Crippen LogP contribution in [0, 0.1) is 0 Å². The number of nitrogens with zero attached hydrogens (tertiary/aromatic N) is 2. The van der Waals surface area contributed by atoms with Gasteiger partial charge < -0.3 is 0 Å². The molecule has 2 rings (SSSR count). The Hall–Kier alpha value is -2.12. The van der Waals surface area contributed by atoms with Crippen LogP contribution in [0.25, 0.3) is 0 Å². The molecule has 0 aliphatic carbocycles. The number of carbonyl (C=O) groups is 2. The van der Waals surface area contributed by atoms with Crippen LogP contribution in [0.2, 0.25) is 20.1 Å². The van der Waals surface area contributed by atoms with Crippen molar-refractivity contribution in [3.8, 4) is 0 Å². The van der Waals surface area contributed by atoms with E-state index in [1.165, 1.54) is 12.4 Å². The van der Waals surface area contributed by atoms with Crippen molar-refractivity contribution in [1.82, 2.24) is 10.9 Å². The smallest absolute Gasteiger partial charge is 0.262 e. The van der Waals surface area contributed by atoms with Crippen molar-refractivity contribution in [2.45, 2.75) is 0 Å². The van der Waals surface area contributed by atoms with Crippen molar-refractivity contribution in [1.29, 1.82) is 0 Å². The lowest BCUT2D eigenvalue weighted by atomic mass is 10.2. The van der Waals surface area contributed by atoms with Crippen LogP contribution in [-0.4, -0.2) is 24.2 Å². The Morgan fingerprint density at radius 3 is 1.42 bits per heavy atom. The molecule has 2 amide bonds. The summed E-state index contributed by atoms with van der Waals surface area (Å²) in [5.74, 6) is -1.99. The highest BCUT2D eigenvalue weighted by molar-refractivity contribution is 6.42. The van der Waals surface area contributed by atoms with E-state index >= 15 is 0 Å². The minimum atomic E-state index is -0.993. The van der Waals surface area contributed by atoms with E-state index in [4.69, 9.17) is 46.4 Å². The molecule has 26 heavy (non-hydrogen) atoms. The lowest BCUT2D eigenvalue weighted by molar-refractivity contribution is -0.139. The molecule has 2 aromatic rings. The highest BCUT2D eigenvalue weighted by Gasteiger charge is 2.11. The van der Waals surface area contributed by atoms with Crippen LogP contribution in [-0.2, 0) is 9.59 Å². The summed E-state index contributed by atoms with van der Waals surface area (Å²) in [7, 11) is 0. The van der Waals surface area contributed by atoms with Gasteiger partial charge in [-0.25, -0.2) is 10.9 Å². The summed E-state index contributed by atoms with van der Waals surface area (Å²) in [4.78, 5) is 23.2. The van der Waals surface area contributed by atoms with Crippen LogP contribution in [0.4, 0.5) is 0 Å². The van der Waals surface area contributed by atoms with E-state index in [-0.39, 0.29) is 0 Å². The predicted molar refractivity (Wildman–Crippen MR) is 104 cm³/mol. The molecule has 0 fully saturated rings. The van der Waals surface area contributed by atoms with Gasteiger partial charge in [0.15, 0.2) is 0 Å². The van der Waals surface area contributed by atoms with Gasteiger partial charge >= 0.3 is 11.8 Å². The molecule has 0 saturated heterocycles. The quantitative estimate of drug-likeness (QED) is 0.437. The van der Waals surface area contributed by atoms with Crippen molar-refractivity contribution in [2.75, 3.05) is 0 Å². The number of hydrogen-bond acceptors (Lipinski definition) is 4. The number of hydrogen-bond donors (Lipinski definition) is 2. The number of rotatable bonds is 4. The summed E-state index contributed by atoms with van der Waals surface area (Å²) in [6.07, 6.45) is 2.62. The van der Waals surface area contributed by atoms with Gasteiger partial charge in [0, 0.05) is 0 Å². The Bertz CT molecular complexity index is 826. The largest absolute Gasteiger partial charge is 0.331 e. The molecule has 0 unspecified atom stereocenters. The van der Waals surface area contributed by atoms with Gasteiger partial charge in [0.25, 0.3) is 0 Å². The summed E-state index contributed by atoms with van der Waals surface area (Å²) < 4.78 is 0. The lowest BCUT2D eigenvalue weighted by Crippen LogP contribution is -2.35. The van der Waals surface area contributed by atoms with Crippen LogP contribution in [0.1, 0.15) is 11.1 Å². The minimum Gasteiger partial charge on any atom is -0.262 e. The second-order valence-corrected chi connectivity index (χ2v) is 6.37. The molecule has 0 bridgehead atoms. The Morgan fingerprint density at radius 2 is 1.08 bits per heavy atom. The van der Waals surface area contributed by atoms with Crippen molar-refractivity contribution in [3.63, 3.8) is 0 Å². The highest BCUT2D eigenvalue weighted by atomic mass is 35.5. The van der Waals surface area contributed by atoms with Gasteiger partial charge in [0.05, 0.1) is 32.5 Å². The van der Waals surface area contributed by atoms with Crippen molar-refractivity contribution >= 4 is 70.6 Å². The van der Waals surface area contributed by atoms with E-state index < -0.39 is 11.8 Å². The summed E-state index contributed by atoms with van der Waals surface area (Å²) in [6, 6.07) is 9.56.